The van der Waals surface area contributed by atoms with Crippen LogP contribution < -0.4 is 11.1 Å². The third-order valence-electron chi connectivity index (χ3n) is 3.94. The topological polar surface area (TPSA) is 93.3 Å². The summed E-state index contributed by atoms with van der Waals surface area (Å²) in [6.45, 7) is 4.09. The Bertz CT molecular complexity index is 731. The molecule has 0 unspecified atom stereocenters. The quantitative estimate of drug-likeness (QED) is 0.858. The van der Waals surface area contributed by atoms with Crippen LogP contribution in [0.1, 0.15) is 27.9 Å². The molecule has 1 saturated heterocycles. The summed E-state index contributed by atoms with van der Waals surface area (Å²) in [5, 5.41) is 7.55. The molecule has 128 valence electrons. The van der Waals surface area contributed by atoms with Gasteiger partial charge in [-0.15, -0.1) is 12.4 Å². The van der Waals surface area contributed by atoms with Crippen molar-refractivity contribution in [2.45, 2.75) is 13.0 Å². The molecule has 2 amide bonds. The second-order valence-corrected chi connectivity index (χ2v) is 5.58. The van der Waals surface area contributed by atoms with Gasteiger partial charge in [0.05, 0.1) is 5.69 Å². The van der Waals surface area contributed by atoms with Crippen molar-refractivity contribution in [2.75, 3.05) is 19.6 Å². The van der Waals surface area contributed by atoms with Gasteiger partial charge in [-0.3, -0.25) is 9.59 Å². The number of hydrogen-bond donors (Lipinski definition) is 2. The minimum Gasteiger partial charge on any atom is -0.364 e. The van der Waals surface area contributed by atoms with Gasteiger partial charge in [-0.25, -0.2) is 4.68 Å². The molecular weight excluding hydrogens is 330 g/mol. The van der Waals surface area contributed by atoms with Crippen molar-refractivity contribution in [3.05, 3.63) is 47.8 Å². The van der Waals surface area contributed by atoms with Gasteiger partial charge in [0, 0.05) is 31.7 Å². The van der Waals surface area contributed by atoms with Crippen molar-refractivity contribution in [2.24, 2.45) is 5.73 Å². The van der Waals surface area contributed by atoms with Crippen molar-refractivity contribution in [1.82, 2.24) is 20.0 Å². The van der Waals surface area contributed by atoms with Gasteiger partial charge in [-0.2, -0.15) is 5.10 Å². The third kappa shape index (κ3) is 3.42. The van der Waals surface area contributed by atoms with E-state index >= 15 is 0 Å². The molecule has 0 spiro atoms. The molecule has 1 aromatic heterocycles. The zero-order valence-corrected chi connectivity index (χ0v) is 14.1. The van der Waals surface area contributed by atoms with Crippen LogP contribution in [0.3, 0.4) is 0 Å². The lowest BCUT2D eigenvalue weighted by Gasteiger charge is -2.33. The minimum atomic E-state index is -0.617. The Morgan fingerprint density at radius 1 is 1.29 bits per heavy atom. The molecule has 2 heterocycles. The number of nitrogens with two attached hydrogens (primary N) is 1. The van der Waals surface area contributed by atoms with Crippen LogP contribution in [0.15, 0.2) is 36.4 Å². The number of carbonyl (C=O) groups is 2. The number of nitrogens with one attached hydrogen (secondary N) is 1. The first-order valence-corrected chi connectivity index (χ1v) is 7.55. The Morgan fingerprint density at radius 3 is 2.62 bits per heavy atom. The second-order valence-electron chi connectivity index (χ2n) is 5.58. The van der Waals surface area contributed by atoms with Gasteiger partial charge in [-0.05, 0) is 19.1 Å². The summed E-state index contributed by atoms with van der Waals surface area (Å²) in [5.41, 5.74) is 6.55. The highest BCUT2D eigenvalue weighted by Gasteiger charge is 2.27. The number of hydrogen-bond acceptors (Lipinski definition) is 4. The lowest BCUT2D eigenvalue weighted by molar-refractivity contribution is 0.0649. The van der Waals surface area contributed by atoms with Gasteiger partial charge in [0.2, 0.25) is 0 Å². The minimum absolute atomic E-state index is 0. The molecule has 0 aliphatic carbocycles. The molecule has 24 heavy (non-hydrogen) atoms. The predicted molar refractivity (Wildman–Crippen MR) is 92.7 cm³/mol. The van der Waals surface area contributed by atoms with Gasteiger partial charge < -0.3 is 16.0 Å². The number of amides is 2. The average molecular weight is 350 g/mol. The summed E-state index contributed by atoms with van der Waals surface area (Å²) in [7, 11) is 0. The lowest BCUT2D eigenvalue weighted by atomic mass is 10.2. The summed E-state index contributed by atoms with van der Waals surface area (Å²) in [6, 6.07) is 10.7. The summed E-state index contributed by atoms with van der Waals surface area (Å²) in [4.78, 5) is 26.2. The zero-order chi connectivity index (χ0) is 16.4. The van der Waals surface area contributed by atoms with E-state index in [2.05, 4.69) is 10.4 Å². The van der Waals surface area contributed by atoms with E-state index in [1.807, 2.05) is 25.1 Å². The van der Waals surface area contributed by atoms with Crippen LogP contribution in [0.4, 0.5) is 0 Å². The van der Waals surface area contributed by atoms with Crippen molar-refractivity contribution >= 4 is 24.2 Å². The number of rotatable bonds is 3. The van der Waals surface area contributed by atoms with Crippen molar-refractivity contribution < 1.29 is 9.59 Å². The monoisotopic (exact) mass is 349 g/mol. The van der Waals surface area contributed by atoms with Crippen LogP contribution in [0.2, 0.25) is 0 Å². The Balaban J connectivity index is 0.00000208. The molecule has 8 heteroatoms. The Kier molecular flexibility index (Phi) is 5.58. The van der Waals surface area contributed by atoms with Crippen molar-refractivity contribution in [3.63, 3.8) is 0 Å². The molecule has 3 rings (SSSR count). The molecule has 2 aromatic rings. The first-order chi connectivity index (χ1) is 11.1. The highest BCUT2D eigenvalue weighted by molar-refractivity contribution is 5.97. The van der Waals surface area contributed by atoms with E-state index in [9.17, 15) is 9.59 Å². The zero-order valence-electron chi connectivity index (χ0n) is 13.3. The Hall–Kier alpha value is -2.38. The van der Waals surface area contributed by atoms with Crippen LogP contribution in [0.25, 0.3) is 5.69 Å². The molecule has 1 aromatic carbocycles. The maximum Gasteiger partial charge on any atom is 0.274 e. The predicted octanol–water partition coefficient (Wildman–Crippen LogP) is 0.827. The first kappa shape index (κ1) is 18.0. The summed E-state index contributed by atoms with van der Waals surface area (Å²) in [6.07, 6.45) is 0. The average Bonchev–Trinajstić information content (AvgIpc) is 3.01. The number of nitrogens with zero attached hydrogens (tertiary/aromatic N) is 3. The number of primary amides is 1. The molecule has 1 atom stereocenters. The van der Waals surface area contributed by atoms with Gasteiger partial charge in [0.1, 0.15) is 5.69 Å². The maximum atomic E-state index is 12.7. The summed E-state index contributed by atoms with van der Waals surface area (Å²) >= 11 is 0. The van der Waals surface area contributed by atoms with Crippen LogP contribution in [-0.2, 0) is 0 Å². The number of carbonyl (C=O) groups excluding carboxylic acids is 2. The molecule has 0 saturated carbocycles. The normalized spacial score (nSPS) is 17.2. The number of aromatic nitrogens is 2. The number of halogens is 1. The molecule has 0 radical (unpaired) electrons. The van der Waals surface area contributed by atoms with E-state index in [0.29, 0.717) is 12.2 Å². The van der Waals surface area contributed by atoms with Gasteiger partial charge in [-0.1, -0.05) is 18.2 Å². The summed E-state index contributed by atoms with van der Waals surface area (Å²) in [5.74, 6) is -0.801. The van der Waals surface area contributed by atoms with E-state index < -0.39 is 5.91 Å². The maximum absolute atomic E-state index is 12.7. The highest BCUT2D eigenvalue weighted by atomic mass is 35.5. The van der Waals surface area contributed by atoms with Crippen LogP contribution in [0, 0.1) is 0 Å². The smallest absolute Gasteiger partial charge is 0.274 e. The van der Waals surface area contributed by atoms with E-state index in [1.54, 1.807) is 17.0 Å². The van der Waals surface area contributed by atoms with Gasteiger partial charge in [0.15, 0.2) is 5.69 Å². The molecule has 3 N–H and O–H groups in total. The number of piperazine rings is 1. The van der Waals surface area contributed by atoms with Crippen molar-refractivity contribution in [3.8, 4) is 5.69 Å². The van der Waals surface area contributed by atoms with Crippen LogP contribution >= 0.6 is 12.4 Å². The standard InChI is InChI=1S/C16H19N5O2.ClH/c1-11-10-18-7-8-20(11)16(23)13-9-14(15(17)22)21(19-13)12-5-3-2-4-6-12;/h2-6,9,11,18H,7-8,10H2,1H3,(H2,17,22);1H/t11-;/m1./s1. The molecule has 0 bridgehead atoms. The van der Waals surface area contributed by atoms with Gasteiger partial charge in [0.25, 0.3) is 11.8 Å². The molecule has 1 aliphatic rings. The molecular formula is C16H20ClN5O2. The van der Waals surface area contributed by atoms with Gasteiger partial charge >= 0.3 is 0 Å². The number of benzene rings is 1. The summed E-state index contributed by atoms with van der Waals surface area (Å²) < 4.78 is 1.42. The van der Waals surface area contributed by atoms with E-state index in [0.717, 1.165) is 13.1 Å². The van der Waals surface area contributed by atoms with E-state index in [4.69, 9.17) is 5.73 Å². The lowest BCUT2D eigenvalue weighted by Crippen LogP contribution is -2.52. The van der Waals surface area contributed by atoms with E-state index in [-0.39, 0.29) is 35.7 Å². The molecule has 7 nitrogen and oxygen atoms in total. The third-order valence-corrected chi connectivity index (χ3v) is 3.94. The fourth-order valence-electron chi connectivity index (χ4n) is 2.72. The first-order valence-electron chi connectivity index (χ1n) is 7.55. The SMILES string of the molecule is C[C@@H]1CNCCN1C(=O)c1cc(C(N)=O)n(-c2ccccc2)n1.Cl. The highest BCUT2D eigenvalue weighted by Crippen LogP contribution is 2.15. The largest absolute Gasteiger partial charge is 0.364 e. The molecule has 1 fully saturated rings. The Morgan fingerprint density at radius 2 is 2.00 bits per heavy atom. The fraction of sp³-hybridized carbons (Fsp3) is 0.312. The van der Waals surface area contributed by atoms with Crippen LogP contribution in [0.5, 0.6) is 0 Å². The fourth-order valence-corrected chi connectivity index (χ4v) is 2.72. The second kappa shape index (κ2) is 7.46. The molecule has 1 aliphatic heterocycles. The number of para-hydroxylation sites is 1. The van der Waals surface area contributed by atoms with E-state index in [1.165, 1.54) is 10.7 Å². The Labute approximate surface area is 146 Å². The van der Waals surface area contributed by atoms with Crippen molar-refractivity contribution in [1.29, 1.82) is 0 Å². The van der Waals surface area contributed by atoms with Crippen LogP contribution in [-0.4, -0.2) is 52.2 Å².